The molecule has 0 bridgehead atoms. The Morgan fingerprint density at radius 2 is 2.21 bits per heavy atom. The lowest BCUT2D eigenvalue weighted by Crippen LogP contribution is -2.26. The standard InChI is InChI=1S/C10H12FNO2/c1-13-10-2-7(6-4-14-5-6)8(11)3-9(10)12/h2-3,6H,4-5,12H2,1H3. The summed E-state index contributed by atoms with van der Waals surface area (Å²) in [5.41, 5.74) is 6.52. The van der Waals surface area contributed by atoms with Gasteiger partial charge in [-0.25, -0.2) is 4.39 Å². The molecule has 2 N–H and O–H groups in total. The van der Waals surface area contributed by atoms with Gasteiger partial charge < -0.3 is 15.2 Å². The molecule has 14 heavy (non-hydrogen) atoms. The Balaban J connectivity index is 2.38. The molecule has 0 aromatic heterocycles. The predicted octanol–water partition coefficient (Wildman–Crippen LogP) is 1.53. The van der Waals surface area contributed by atoms with Crippen LogP contribution >= 0.6 is 0 Å². The molecule has 1 saturated heterocycles. The lowest BCUT2D eigenvalue weighted by molar-refractivity contribution is 0.00697. The van der Waals surface area contributed by atoms with Gasteiger partial charge in [0.2, 0.25) is 0 Å². The van der Waals surface area contributed by atoms with E-state index < -0.39 is 0 Å². The van der Waals surface area contributed by atoms with Gasteiger partial charge in [0.15, 0.2) is 0 Å². The van der Waals surface area contributed by atoms with Crippen LogP contribution in [0.25, 0.3) is 0 Å². The Hall–Kier alpha value is -1.29. The predicted molar refractivity (Wildman–Crippen MR) is 50.9 cm³/mol. The maximum Gasteiger partial charge on any atom is 0.142 e. The highest BCUT2D eigenvalue weighted by Gasteiger charge is 2.24. The first-order chi connectivity index (χ1) is 6.72. The van der Waals surface area contributed by atoms with E-state index in [1.807, 2.05) is 0 Å². The van der Waals surface area contributed by atoms with Crippen LogP contribution in [0.5, 0.6) is 5.75 Å². The second kappa shape index (κ2) is 3.46. The SMILES string of the molecule is COc1cc(C2COC2)c(F)cc1N. The van der Waals surface area contributed by atoms with Crippen LogP contribution in [0.2, 0.25) is 0 Å². The monoisotopic (exact) mass is 197 g/mol. The highest BCUT2D eigenvalue weighted by molar-refractivity contribution is 5.55. The normalized spacial score (nSPS) is 16.4. The van der Waals surface area contributed by atoms with Crippen molar-refractivity contribution in [2.45, 2.75) is 5.92 Å². The molecule has 4 heteroatoms. The van der Waals surface area contributed by atoms with Crippen molar-refractivity contribution in [1.29, 1.82) is 0 Å². The third-order valence-electron chi connectivity index (χ3n) is 2.43. The third-order valence-corrected chi connectivity index (χ3v) is 2.43. The number of nitrogens with two attached hydrogens (primary N) is 1. The van der Waals surface area contributed by atoms with E-state index in [0.29, 0.717) is 30.2 Å². The number of rotatable bonds is 2. The number of halogens is 1. The van der Waals surface area contributed by atoms with Crippen molar-refractivity contribution in [3.8, 4) is 5.75 Å². The topological polar surface area (TPSA) is 44.5 Å². The molecule has 0 spiro atoms. The summed E-state index contributed by atoms with van der Waals surface area (Å²) in [4.78, 5) is 0. The molecule has 3 nitrogen and oxygen atoms in total. The van der Waals surface area contributed by atoms with Crippen molar-refractivity contribution < 1.29 is 13.9 Å². The summed E-state index contributed by atoms with van der Waals surface area (Å²) in [6, 6.07) is 2.95. The molecule has 1 aromatic carbocycles. The molecule has 2 rings (SSSR count). The van der Waals surface area contributed by atoms with Gasteiger partial charge in [-0.1, -0.05) is 0 Å². The molecular formula is C10H12FNO2. The van der Waals surface area contributed by atoms with Crippen LogP contribution in [-0.2, 0) is 4.74 Å². The molecule has 1 fully saturated rings. The van der Waals surface area contributed by atoms with Crippen LogP contribution in [-0.4, -0.2) is 20.3 Å². The van der Waals surface area contributed by atoms with Crippen LogP contribution in [0.1, 0.15) is 11.5 Å². The average Bonchev–Trinajstić information content (AvgIpc) is 2.06. The van der Waals surface area contributed by atoms with Gasteiger partial charge in [-0.05, 0) is 11.6 Å². The first kappa shape index (κ1) is 9.27. The summed E-state index contributed by atoms with van der Waals surface area (Å²) in [5.74, 6) is 0.384. The van der Waals surface area contributed by atoms with Crippen molar-refractivity contribution in [2.24, 2.45) is 0 Å². The number of methoxy groups -OCH3 is 1. The van der Waals surface area contributed by atoms with Gasteiger partial charge in [0.05, 0.1) is 26.0 Å². The average molecular weight is 197 g/mol. The fourth-order valence-corrected chi connectivity index (χ4v) is 1.49. The minimum atomic E-state index is -0.281. The highest BCUT2D eigenvalue weighted by atomic mass is 19.1. The zero-order chi connectivity index (χ0) is 10.1. The first-order valence-electron chi connectivity index (χ1n) is 4.43. The molecular weight excluding hydrogens is 185 g/mol. The van der Waals surface area contributed by atoms with Crippen LogP contribution < -0.4 is 10.5 Å². The summed E-state index contributed by atoms with van der Waals surface area (Å²) in [6.45, 7) is 1.15. The highest BCUT2D eigenvalue weighted by Crippen LogP contribution is 2.32. The van der Waals surface area contributed by atoms with Gasteiger partial charge in [0.25, 0.3) is 0 Å². The van der Waals surface area contributed by atoms with E-state index in [0.717, 1.165) is 0 Å². The van der Waals surface area contributed by atoms with Crippen molar-refractivity contribution in [3.63, 3.8) is 0 Å². The van der Waals surface area contributed by atoms with E-state index in [1.54, 1.807) is 6.07 Å². The molecule has 0 saturated carbocycles. The second-order valence-electron chi connectivity index (χ2n) is 3.35. The van der Waals surface area contributed by atoms with E-state index >= 15 is 0 Å². The number of anilines is 1. The number of benzene rings is 1. The zero-order valence-corrected chi connectivity index (χ0v) is 7.92. The molecule has 76 valence electrons. The Labute approximate surface area is 81.6 Å². The number of nitrogen functional groups attached to an aromatic ring is 1. The van der Waals surface area contributed by atoms with E-state index in [-0.39, 0.29) is 11.7 Å². The van der Waals surface area contributed by atoms with Gasteiger partial charge in [0, 0.05) is 12.0 Å². The summed E-state index contributed by atoms with van der Waals surface area (Å²) in [5, 5.41) is 0. The maximum atomic E-state index is 13.4. The van der Waals surface area contributed by atoms with Crippen molar-refractivity contribution in [3.05, 3.63) is 23.5 Å². The molecule has 1 aliphatic heterocycles. The molecule has 1 aromatic rings. The maximum absolute atomic E-state index is 13.4. The lowest BCUT2D eigenvalue weighted by Gasteiger charge is -2.27. The van der Waals surface area contributed by atoms with E-state index in [2.05, 4.69) is 0 Å². The number of hydrogen-bond donors (Lipinski definition) is 1. The van der Waals surface area contributed by atoms with Gasteiger partial charge in [-0.15, -0.1) is 0 Å². The third kappa shape index (κ3) is 1.42. The fraction of sp³-hybridized carbons (Fsp3) is 0.400. The van der Waals surface area contributed by atoms with Crippen LogP contribution in [0.4, 0.5) is 10.1 Å². The minimum absolute atomic E-state index is 0.143. The van der Waals surface area contributed by atoms with E-state index in [9.17, 15) is 4.39 Å². The van der Waals surface area contributed by atoms with Gasteiger partial charge >= 0.3 is 0 Å². The Kier molecular flexibility index (Phi) is 2.29. The van der Waals surface area contributed by atoms with Crippen molar-refractivity contribution in [1.82, 2.24) is 0 Å². The summed E-state index contributed by atoms with van der Waals surface area (Å²) in [7, 11) is 1.52. The first-order valence-corrected chi connectivity index (χ1v) is 4.43. The summed E-state index contributed by atoms with van der Waals surface area (Å²) >= 11 is 0. The number of ether oxygens (including phenoxy) is 2. The zero-order valence-electron chi connectivity index (χ0n) is 7.92. The number of hydrogen-bond acceptors (Lipinski definition) is 3. The molecule has 1 aliphatic rings. The smallest absolute Gasteiger partial charge is 0.142 e. The van der Waals surface area contributed by atoms with Crippen LogP contribution in [0.3, 0.4) is 0 Å². The fourth-order valence-electron chi connectivity index (χ4n) is 1.49. The minimum Gasteiger partial charge on any atom is -0.495 e. The van der Waals surface area contributed by atoms with Gasteiger partial charge in [-0.2, -0.15) is 0 Å². The van der Waals surface area contributed by atoms with Crippen LogP contribution in [0.15, 0.2) is 12.1 Å². The Morgan fingerprint density at radius 1 is 1.50 bits per heavy atom. The van der Waals surface area contributed by atoms with Gasteiger partial charge in [-0.3, -0.25) is 0 Å². The molecule has 0 atom stereocenters. The van der Waals surface area contributed by atoms with Gasteiger partial charge in [0.1, 0.15) is 11.6 Å². The molecule has 0 radical (unpaired) electrons. The molecule has 0 amide bonds. The van der Waals surface area contributed by atoms with Crippen LogP contribution in [0, 0.1) is 5.82 Å². The quantitative estimate of drug-likeness (QED) is 0.731. The van der Waals surface area contributed by atoms with E-state index in [1.165, 1.54) is 13.2 Å². The second-order valence-corrected chi connectivity index (χ2v) is 3.35. The molecule has 0 aliphatic carbocycles. The largest absolute Gasteiger partial charge is 0.495 e. The van der Waals surface area contributed by atoms with Crippen molar-refractivity contribution in [2.75, 3.05) is 26.1 Å². The Morgan fingerprint density at radius 3 is 2.71 bits per heavy atom. The lowest BCUT2D eigenvalue weighted by atomic mass is 9.96. The Bertz CT molecular complexity index is 350. The molecule has 0 unspecified atom stereocenters. The van der Waals surface area contributed by atoms with Crippen molar-refractivity contribution >= 4 is 5.69 Å². The van der Waals surface area contributed by atoms with E-state index in [4.69, 9.17) is 15.2 Å². The summed E-state index contributed by atoms with van der Waals surface area (Å²) in [6.07, 6.45) is 0. The molecule has 1 heterocycles. The summed E-state index contributed by atoms with van der Waals surface area (Å²) < 4.78 is 23.5.